The first-order valence-electron chi connectivity index (χ1n) is 9.82. The largest absolute Gasteiger partial charge is 0.423 e. The number of piperazine rings is 1. The molecule has 146 valence electrons. The van der Waals surface area contributed by atoms with Gasteiger partial charge >= 0.3 is 0 Å². The average Bonchev–Trinajstić information content (AvgIpc) is 3.43. The smallest absolute Gasteiger partial charge is 0.298 e. The van der Waals surface area contributed by atoms with E-state index >= 15 is 0 Å². The molecule has 0 spiro atoms. The summed E-state index contributed by atoms with van der Waals surface area (Å²) in [5.74, 6) is 0.406. The van der Waals surface area contributed by atoms with E-state index in [2.05, 4.69) is 19.8 Å². The van der Waals surface area contributed by atoms with E-state index in [1.54, 1.807) is 11.3 Å². The van der Waals surface area contributed by atoms with Crippen molar-refractivity contribution in [1.29, 1.82) is 0 Å². The summed E-state index contributed by atoms with van der Waals surface area (Å²) in [6.45, 7) is 4.90. The van der Waals surface area contributed by atoms with Crippen LogP contribution >= 0.6 is 11.3 Å². The molecule has 2 aromatic heterocycles. The van der Waals surface area contributed by atoms with E-state index in [0.29, 0.717) is 11.9 Å². The highest BCUT2D eigenvalue weighted by molar-refractivity contribution is 7.13. The van der Waals surface area contributed by atoms with Crippen molar-refractivity contribution in [3.8, 4) is 0 Å². The van der Waals surface area contributed by atoms with Crippen molar-refractivity contribution in [3.63, 3.8) is 0 Å². The molecule has 5 rings (SSSR count). The van der Waals surface area contributed by atoms with Crippen LogP contribution in [0.1, 0.15) is 12.8 Å². The van der Waals surface area contributed by atoms with E-state index < -0.39 is 0 Å². The lowest BCUT2D eigenvalue weighted by Gasteiger charge is -2.38. The monoisotopic (exact) mass is 397 g/mol. The number of oxazole rings is 1. The highest BCUT2D eigenvalue weighted by Gasteiger charge is 2.31. The predicted molar refractivity (Wildman–Crippen MR) is 110 cm³/mol. The lowest BCUT2D eigenvalue weighted by atomic mass is 9.95. The summed E-state index contributed by atoms with van der Waals surface area (Å²) in [6.07, 6.45) is 3.54. The number of rotatable bonds is 3. The van der Waals surface area contributed by atoms with Crippen LogP contribution in [0.3, 0.4) is 0 Å². The Labute approximate surface area is 167 Å². The minimum atomic E-state index is 0.104. The van der Waals surface area contributed by atoms with E-state index in [4.69, 9.17) is 4.42 Å². The van der Waals surface area contributed by atoms with Crippen molar-refractivity contribution in [3.05, 3.63) is 35.8 Å². The summed E-state index contributed by atoms with van der Waals surface area (Å²) in [7, 11) is 0. The number of para-hydroxylation sites is 2. The van der Waals surface area contributed by atoms with Crippen LogP contribution < -0.4 is 9.80 Å². The Morgan fingerprint density at radius 3 is 2.54 bits per heavy atom. The molecule has 0 radical (unpaired) electrons. The van der Waals surface area contributed by atoms with Crippen LogP contribution in [0.25, 0.3) is 11.1 Å². The highest BCUT2D eigenvalue weighted by atomic mass is 32.1. The SMILES string of the molecule is O=C(C1CCN(c2nc3ccccc3o2)CC1)N1CCN(c2nccs2)CC1. The molecule has 2 aliphatic rings. The number of amides is 1. The number of hydrogen-bond acceptors (Lipinski definition) is 7. The van der Waals surface area contributed by atoms with Crippen LogP contribution in [0.4, 0.5) is 11.1 Å². The maximum atomic E-state index is 13.0. The molecule has 7 nitrogen and oxygen atoms in total. The Morgan fingerprint density at radius 2 is 1.82 bits per heavy atom. The second-order valence-electron chi connectivity index (χ2n) is 7.35. The number of hydrogen-bond donors (Lipinski definition) is 0. The summed E-state index contributed by atoms with van der Waals surface area (Å²) < 4.78 is 5.88. The number of carbonyl (C=O) groups excluding carboxylic acids is 1. The summed E-state index contributed by atoms with van der Waals surface area (Å²) >= 11 is 1.66. The molecule has 2 aliphatic heterocycles. The van der Waals surface area contributed by atoms with Gasteiger partial charge in [-0.15, -0.1) is 11.3 Å². The molecule has 1 aromatic carbocycles. The van der Waals surface area contributed by atoms with Crippen LogP contribution in [0, 0.1) is 5.92 Å². The number of aromatic nitrogens is 2. The first kappa shape index (κ1) is 17.5. The molecule has 0 N–H and O–H groups in total. The van der Waals surface area contributed by atoms with Crippen molar-refractivity contribution in [2.75, 3.05) is 49.1 Å². The van der Waals surface area contributed by atoms with E-state index in [0.717, 1.165) is 68.3 Å². The molecule has 0 aliphatic carbocycles. The zero-order valence-corrected chi connectivity index (χ0v) is 16.5. The summed E-state index contributed by atoms with van der Waals surface area (Å²) in [5.41, 5.74) is 1.70. The maximum Gasteiger partial charge on any atom is 0.298 e. The molecule has 0 bridgehead atoms. The Bertz CT molecular complexity index is 908. The fourth-order valence-electron chi connectivity index (χ4n) is 4.06. The molecule has 8 heteroatoms. The van der Waals surface area contributed by atoms with Crippen molar-refractivity contribution < 1.29 is 9.21 Å². The normalized spacial score (nSPS) is 18.8. The zero-order chi connectivity index (χ0) is 18.9. The van der Waals surface area contributed by atoms with Crippen LogP contribution in [-0.2, 0) is 4.79 Å². The van der Waals surface area contributed by atoms with Gasteiger partial charge in [-0.25, -0.2) is 4.98 Å². The molecule has 28 heavy (non-hydrogen) atoms. The summed E-state index contributed by atoms with van der Waals surface area (Å²) in [5, 5.41) is 3.05. The molecule has 0 saturated carbocycles. The van der Waals surface area contributed by atoms with Gasteiger partial charge in [0.05, 0.1) is 0 Å². The van der Waals surface area contributed by atoms with Gasteiger partial charge in [0.2, 0.25) is 5.91 Å². The van der Waals surface area contributed by atoms with Crippen LogP contribution in [0.2, 0.25) is 0 Å². The average molecular weight is 398 g/mol. The summed E-state index contributed by atoms with van der Waals surface area (Å²) in [4.78, 5) is 28.4. The number of anilines is 2. The minimum Gasteiger partial charge on any atom is -0.423 e. The third kappa shape index (κ3) is 3.32. The molecule has 2 saturated heterocycles. The Kier molecular flexibility index (Phi) is 4.64. The van der Waals surface area contributed by atoms with Gasteiger partial charge in [0, 0.05) is 56.8 Å². The number of nitrogens with zero attached hydrogens (tertiary/aromatic N) is 5. The lowest BCUT2D eigenvalue weighted by molar-refractivity contribution is -0.136. The molecule has 3 aromatic rings. The number of carbonyl (C=O) groups is 1. The minimum absolute atomic E-state index is 0.104. The van der Waals surface area contributed by atoms with Gasteiger partial charge in [0.15, 0.2) is 10.7 Å². The van der Waals surface area contributed by atoms with Crippen LogP contribution in [-0.4, -0.2) is 60.0 Å². The number of piperidine rings is 1. The van der Waals surface area contributed by atoms with Crippen LogP contribution in [0.15, 0.2) is 40.3 Å². The van der Waals surface area contributed by atoms with Crippen molar-refractivity contribution in [2.45, 2.75) is 12.8 Å². The van der Waals surface area contributed by atoms with Gasteiger partial charge in [-0.3, -0.25) is 4.79 Å². The quantitative estimate of drug-likeness (QED) is 0.677. The second kappa shape index (κ2) is 7.43. The third-order valence-electron chi connectivity index (χ3n) is 5.68. The van der Waals surface area contributed by atoms with Crippen molar-refractivity contribution >= 4 is 39.5 Å². The van der Waals surface area contributed by atoms with Crippen molar-refractivity contribution in [1.82, 2.24) is 14.9 Å². The van der Waals surface area contributed by atoms with Gasteiger partial charge in [-0.05, 0) is 25.0 Å². The molecule has 4 heterocycles. The molecule has 1 amide bonds. The maximum absolute atomic E-state index is 13.0. The Morgan fingerprint density at radius 1 is 1.04 bits per heavy atom. The molecule has 0 atom stereocenters. The molecule has 2 fully saturated rings. The molecular formula is C20H23N5O2S. The topological polar surface area (TPSA) is 65.7 Å². The highest BCUT2D eigenvalue weighted by Crippen LogP contribution is 2.28. The number of benzene rings is 1. The van der Waals surface area contributed by atoms with E-state index in [1.807, 2.05) is 40.7 Å². The van der Waals surface area contributed by atoms with Crippen LogP contribution in [0.5, 0.6) is 0 Å². The van der Waals surface area contributed by atoms with E-state index in [1.165, 1.54) is 0 Å². The second-order valence-corrected chi connectivity index (χ2v) is 8.23. The summed E-state index contributed by atoms with van der Waals surface area (Å²) in [6, 6.07) is 8.49. The molecule has 0 unspecified atom stereocenters. The first-order chi connectivity index (χ1) is 13.8. The lowest BCUT2D eigenvalue weighted by Crippen LogP contribution is -2.51. The Balaban J connectivity index is 1.16. The van der Waals surface area contributed by atoms with Gasteiger partial charge in [-0.2, -0.15) is 4.98 Å². The van der Waals surface area contributed by atoms with Crippen molar-refractivity contribution in [2.24, 2.45) is 5.92 Å². The molecular weight excluding hydrogens is 374 g/mol. The third-order valence-corrected chi connectivity index (χ3v) is 6.51. The van der Waals surface area contributed by atoms with E-state index in [-0.39, 0.29) is 5.92 Å². The van der Waals surface area contributed by atoms with Gasteiger partial charge in [0.25, 0.3) is 6.01 Å². The van der Waals surface area contributed by atoms with Gasteiger partial charge in [0.1, 0.15) is 5.52 Å². The zero-order valence-electron chi connectivity index (χ0n) is 15.7. The predicted octanol–water partition coefficient (Wildman–Crippen LogP) is 2.85. The number of fused-ring (bicyclic) bond motifs is 1. The first-order valence-corrected chi connectivity index (χ1v) is 10.7. The van der Waals surface area contributed by atoms with Gasteiger partial charge in [-0.1, -0.05) is 12.1 Å². The Hall–Kier alpha value is -2.61. The number of thiazole rings is 1. The van der Waals surface area contributed by atoms with Gasteiger partial charge < -0.3 is 19.1 Å². The fraction of sp³-hybridized carbons (Fsp3) is 0.450. The van der Waals surface area contributed by atoms with E-state index in [9.17, 15) is 4.79 Å². The fourth-order valence-corrected chi connectivity index (χ4v) is 4.76. The standard InChI is InChI=1S/C20H23N5O2S/c26-18(23-10-12-25(13-11-23)20-21-7-14-28-20)15-5-8-24(9-6-15)19-22-16-3-1-2-4-17(16)27-19/h1-4,7,14-15H,5-6,8-13H2.